The molecule has 0 heterocycles. The molecular formula is C14H18BrN3S. The summed E-state index contributed by atoms with van der Waals surface area (Å²) in [6, 6.07) is 8.47. The number of nitrogens with zero attached hydrogens (tertiary/aromatic N) is 1. The lowest BCUT2D eigenvalue weighted by atomic mass is 9.96. The highest BCUT2D eigenvalue weighted by Gasteiger charge is 2.13. The lowest BCUT2D eigenvalue weighted by molar-refractivity contribution is 0.412. The fraction of sp³-hybridized carbons (Fsp3) is 0.429. The standard InChI is InChI=1S/C14H18BrN3S/c15-12-8-6-11(7-9-12)10-16-18-14(19)17-13-4-2-1-3-5-13/h6-10,13H,1-5H2,(H2,17,18,19). The Hall–Kier alpha value is -0.940. The Morgan fingerprint density at radius 3 is 2.58 bits per heavy atom. The van der Waals surface area contributed by atoms with Crippen molar-refractivity contribution in [2.45, 2.75) is 38.1 Å². The largest absolute Gasteiger partial charge is 0.359 e. The molecule has 1 fully saturated rings. The van der Waals surface area contributed by atoms with Gasteiger partial charge in [0.05, 0.1) is 6.21 Å². The maximum absolute atomic E-state index is 5.23. The minimum atomic E-state index is 0.511. The Morgan fingerprint density at radius 1 is 1.21 bits per heavy atom. The minimum Gasteiger partial charge on any atom is -0.359 e. The quantitative estimate of drug-likeness (QED) is 0.502. The van der Waals surface area contributed by atoms with Gasteiger partial charge in [-0.15, -0.1) is 0 Å². The van der Waals surface area contributed by atoms with Gasteiger partial charge >= 0.3 is 0 Å². The maximum atomic E-state index is 5.23. The van der Waals surface area contributed by atoms with Gasteiger partial charge in [0.1, 0.15) is 0 Å². The Morgan fingerprint density at radius 2 is 1.89 bits per heavy atom. The van der Waals surface area contributed by atoms with Crippen molar-refractivity contribution in [2.75, 3.05) is 0 Å². The molecule has 2 rings (SSSR count). The maximum Gasteiger partial charge on any atom is 0.187 e. The number of rotatable bonds is 3. The van der Waals surface area contributed by atoms with Gasteiger partial charge in [0.25, 0.3) is 0 Å². The number of nitrogens with one attached hydrogen (secondary N) is 2. The normalized spacial score (nSPS) is 16.5. The van der Waals surface area contributed by atoms with E-state index in [9.17, 15) is 0 Å². The molecule has 0 aromatic heterocycles. The van der Waals surface area contributed by atoms with Crippen LogP contribution in [-0.2, 0) is 0 Å². The number of thiocarbonyl (C=S) groups is 1. The van der Waals surface area contributed by atoms with Crippen LogP contribution in [0.25, 0.3) is 0 Å². The SMILES string of the molecule is S=C(NN=Cc1ccc(Br)cc1)NC1CCCCC1. The van der Waals surface area contributed by atoms with Crippen molar-refractivity contribution in [1.29, 1.82) is 0 Å². The fourth-order valence-electron chi connectivity index (χ4n) is 2.18. The van der Waals surface area contributed by atoms with Gasteiger partial charge in [-0.05, 0) is 42.8 Å². The summed E-state index contributed by atoms with van der Waals surface area (Å²) < 4.78 is 1.06. The summed E-state index contributed by atoms with van der Waals surface area (Å²) in [4.78, 5) is 0. The summed E-state index contributed by atoms with van der Waals surface area (Å²) in [5.74, 6) is 0. The molecule has 3 nitrogen and oxygen atoms in total. The summed E-state index contributed by atoms with van der Waals surface area (Å²) in [6.07, 6.45) is 8.11. The fourth-order valence-corrected chi connectivity index (χ4v) is 2.66. The number of hydrogen-bond donors (Lipinski definition) is 2. The van der Waals surface area contributed by atoms with Crippen molar-refractivity contribution in [3.63, 3.8) is 0 Å². The summed E-state index contributed by atoms with van der Waals surface area (Å²) >= 11 is 8.63. The van der Waals surface area contributed by atoms with E-state index in [4.69, 9.17) is 12.2 Å². The zero-order valence-corrected chi connectivity index (χ0v) is 13.1. The number of hydrazone groups is 1. The highest BCUT2D eigenvalue weighted by molar-refractivity contribution is 9.10. The van der Waals surface area contributed by atoms with Crippen molar-refractivity contribution < 1.29 is 0 Å². The van der Waals surface area contributed by atoms with Crippen LogP contribution in [0.3, 0.4) is 0 Å². The van der Waals surface area contributed by atoms with Crippen LogP contribution in [0.5, 0.6) is 0 Å². The van der Waals surface area contributed by atoms with E-state index in [0.717, 1.165) is 10.0 Å². The molecule has 19 heavy (non-hydrogen) atoms. The van der Waals surface area contributed by atoms with E-state index in [1.807, 2.05) is 24.3 Å². The third-order valence-corrected chi connectivity index (χ3v) is 3.93. The smallest absolute Gasteiger partial charge is 0.187 e. The van der Waals surface area contributed by atoms with Crippen LogP contribution < -0.4 is 10.7 Å². The van der Waals surface area contributed by atoms with E-state index in [1.165, 1.54) is 32.1 Å². The Labute approximate surface area is 128 Å². The van der Waals surface area contributed by atoms with Gasteiger partial charge in [0.2, 0.25) is 0 Å². The molecule has 5 heteroatoms. The van der Waals surface area contributed by atoms with Gasteiger partial charge in [0, 0.05) is 10.5 Å². The zero-order valence-electron chi connectivity index (χ0n) is 10.7. The highest BCUT2D eigenvalue weighted by atomic mass is 79.9. The molecule has 0 amide bonds. The van der Waals surface area contributed by atoms with Gasteiger partial charge in [-0.3, -0.25) is 5.43 Å². The Bertz CT molecular complexity index is 439. The summed E-state index contributed by atoms with van der Waals surface area (Å²) in [5.41, 5.74) is 3.91. The van der Waals surface area contributed by atoms with E-state index < -0.39 is 0 Å². The first-order valence-electron chi connectivity index (χ1n) is 6.59. The van der Waals surface area contributed by atoms with Crippen molar-refractivity contribution in [3.05, 3.63) is 34.3 Å². The average Bonchev–Trinajstić information content (AvgIpc) is 2.42. The van der Waals surface area contributed by atoms with Crippen LogP contribution in [0.2, 0.25) is 0 Å². The van der Waals surface area contributed by atoms with Gasteiger partial charge in [-0.2, -0.15) is 5.10 Å². The van der Waals surface area contributed by atoms with E-state index in [-0.39, 0.29) is 0 Å². The molecule has 1 aromatic carbocycles. The van der Waals surface area contributed by atoms with Crippen LogP contribution in [0, 0.1) is 0 Å². The molecule has 1 saturated carbocycles. The first-order chi connectivity index (χ1) is 9.24. The van der Waals surface area contributed by atoms with E-state index in [0.29, 0.717) is 11.2 Å². The second-order valence-corrected chi connectivity index (χ2v) is 6.05. The summed E-state index contributed by atoms with van der Waals surface area (Å²) in [7, 11) is 0. The summed E-state index contributed by atoms with van der Waals surface area (Å²) in [6.45, 7) is 0. The van der Waals surface area contributed by atoms with Gasteiger partial charge < -0.3 is 5.32 Å². The molecule has 2 N–H and O–H groups in total. The monoisotopic (exact) mass is 339 g/mol. The van der Waals surface area contributed by atoms with E-state index >= 15 is 0 Å². The third-order valence-electron chi connectivity index (χ3n) is 3.19. The van der Waals surface area contributed by atoms with Crippen LogP contribution in [-0.4, -0.2) is 17.4 Å². The topological polar surface area (TPSA) is 36.4 Å². The Balaban J connectivity index is 1.74. The van der Waals surface area contributed by atoms with Crippen LogP contribution in [0.4, 0.5) is 0 Å². The predicted octanol–water partition coefficient (Wildman–Crippen LogP) is 3.58. The third kappa shape index (κ3) is 5.28. The van der Waals surface area contributed by atoms with Crippen molar-refractivity contribution in [1.82, 2.24) is 10.7 Å². The van der Waals surface area contributed by atoms with Crippen molar-refractivity contribution in [3.8, 4) is 0 Å². The van der Waals surface area contributed by atoms with E-state index in [2.05, 4.69) is 31.8 Å². The van der Waals surface area contributed by atoms with Crippen LogP contribution in [0.1, 0.15) is 37.7 Å². The molecule has 0 radical (unpaired) electrons. The predicted molar refractivity (Wildman–Crippen MR) is 87.5 cm³/mol. The first kappa shape index (κ1) is 14.5. The molecular weight excluding hydrogens is 322 g/mol. The number of benzene rings is 1. The number of halogens is 1. The second kappa shape index (κ2) is 7.60. The molecule has 0 saturated heterocycles. The van der Waals surface area contributed by atoms with E-state index in [1.54, 1.807) is 6.21 Å². The average molecular weight is 340 g/mol. The summed E-state index contributed by atoms with van der Waals surface area (Å²) in [5, 5.41) is 8.07. The molecule has 0 unspecified atom stereocenters. The first-order valence-corrected chi connectivity index (χ1v) is 7.79. The lowest BCUT2D eigenvalue weighted by Gasteiger charge is -2.23. The van der Waals surface area contributed by atoms with Crippen molar-refractivity contribution >= 4 is 39.5 Å². The van der Waals surface area contributed by atoms with Crippen LogP contribution in [0.15, 0.2) is 33.8 Å². The molecule has 0 atom stereocenters. The zero-order chi connectivity index (χ0) is 13.5. The molecule has 0 spiro atoms. The molecule has 0 bridgehead atoms. The van der Waals surface area contributed by atoms with Crippen LogP contribution >= 0.6 is 28.1 Å². The highest BCUT2D eigenvalue weighted by Crippen LogP contribution is 2.17. The van der Waals surface area contributed by atoms with Crippen molar-refractivity contribution in [2.24, 2.45) is 5.10 Å². The Kier molecular flexibility index (Phi) is 5.79. The lowest BCUT2D eigenvalue weighted by Crippen LogP contribution is -2.40. The molecule has 1 aromatic rings. The molecule has 0 aliphatic heterocycles. The minimum absolute atomic E-state index is 0.511. The van der Waals surface area contributed by atoms with Gasteiger partial charge in [-0.1, -0.05) is 47.3 Å². The number of hydrogen-bond acceptors (Lipinski definition) is 2. The molecule has 1 aliphatic rings. The van der Waals surface area contributed by atoms with Gasteiger partial charge in [-0.25, -0.2) is 0 Å². The molecule has 1 aliphatic carbocycles. The molecule has 102 valence electrons. The van der Waals surface area contributed by atoms with Gasteiger partial charge in [0.15, 0.2) is 5.11 Å². The second-order valence-electron chi connectivity index (χ2n) is 4.73.